The maximum Gasteiger partial charge on any atom is 0.501 e. The highest BCUT2D eigenvalue weighted by atomic mass is 32.3. The summed E-state index contributed by atoms with van der Waals surface area (Å²) in [6.45, 7) is -0.0360. The Balaban J connectivity index is 0.697. The molecule has 0 aliphatic carbocycles. The number of thiophene rings is 2. The van der Waals surface area contributed by atoms with Crippen LogP contribution in [0.3, 0.4) is 0 Å². The highest BCUT2D eigenvalue weighted by molar-refractivity contribution is 7.82. The zero-order valence-corrected chi connectivity index (χ0v) is 82.2. The summed E-state index contributed by atoms with van der Waals surface area (Å²) in [5.41, 5.74) is 1.39. The van der Waals surface area contributed by atoms with Crippen LogP contribution in [-0.2, 0) is 128 Å². The van der Waals surface area contributed by atoms with Gasteiger partial charge in [0.2, 0.25) is 24.8 Å². The summed E-state index contributed by atoms with van der Waals surface area (Å²) in [4.78, 5) is 117. The van der Waals surface area contributed by atoms with E-state index in [9.17, 15) is 90.7 Å². The molecule has 3 aromatic heterocycles. The van der Waals surface area contributed by atoms with Gasteiger partial charge in [0.05, 0.1) is 108 Å². The van der Waals surface area contributed by atoms with Crippen molar-refractivity contribution in [1.82, 2.24) is 35.0 Å². The quantitative estimate of drug-likeness (QED) is 0.0237. The first-order chi connectivity index (χ1) is 71.5. The second-order valence-electron chi connectivity index (χ2n) is 35.2. The second-order valence-corrected chi connectivity index (χ2v) is 38.3. The largest absolute Gasteiger partial charge is 0.501 e. The smallest absolute Gasteiger partial charge is 0.493 e. The van der Waals surface area contributed by atoms with Crippen molar-refractivity contribution in [3.63, 3.8) is 0 Å². The number of aliphatic carboxylic acids is 2. The van der Waals surface area contributed by atoms with Crippen LogP contribution in [0.5, 0.6) is 51.7 Å². The van der Waals surface area contributed by atoms with Crippen LogP contribution >= 0.6 is 22.7 Å². The Morgan fingerprint density at radius 3 is 1.50 bits per heavy atom. The molecule has 53 heteroatoms. The van der Waals surface area contributed by atoms with E-state index < -0.39 is 219 Å². The lowest BCUT2D eigenvalue weighted by Crippen LogP contribution is -2.61. The number of fused-ring (bicyclic) bond motifs is 6. The summed E-state index contributed by atoms with van der Waals surface area (Å²) < 4.78 is 130. The second kappa shape index (κ2) is 47.7. The summed E-state index contributed by atoms with van der Waals surface area (Å²) in [5, 5.41) is 165. The first-order valence-electron chi connectivity index (χ1n) is 46.6. The van der Waals surface area contributed by atoms with E-state index >= 15 is 27.6 Å². The standard InChI is InChI=1S/C96H107N9O41S3/c1-5-73(107)97-18-21-132-24-25-134-46-54-40-101(99-98-54)20-23-133-22-19-100(2)85(117)51-10-15-64(141-94-80(114)75(109)74(108)70(41-106)142-94)69(31-51)146-149(128,129)145-57-29-49(44-135-67-34-60-58(32-65(67)130-3)86(118)102-38-52-16-26-147-71(52)36-62(102)88(120)104(60)95(126)137-42-47-6-11-55(12-7-47)139-92-81(115)76(110)78(112)83(143-92)90(122)123)28-50(30-57)45-136-68-35-61-59(33-66(68)131-4)87(119)103-39-53-17-27-148-72(53)37-63(103)89(121)105(61)96(127)138-43-48-8-13-56(14-9-48)140-93-82(116)77(111)79(113)84(144-93)91(124)125/h6-17,26-35,40,62-63,70,74-84,88-89,92-94,106,108-116,120-121H,5,18-25,36-39,41-46H2,1-4H3,(H,97,107)(H,122,123)(H,124,125)/t62-,63-,70+,74-,75-,76-,77-,78-,79-,80+,81+,82+,83-,84-,88?,89?,92+,93+,94+/m0/s1. The Morgan fingerprint density at radius 2 is 1.00 bits per heavy atom. The third-order valence-electron chi connectivity index (χ3n) is 25.3. The highest BCUT2D eigenvalue weighted by Gasteiger charge is 2.53. The van der Waals surface area contributed by atoms with Crippen molar-refractivity contribution >= 4 is 92.2 Å². The van der Waals surface area contributed by atoms with E-state index in [0.29, 0.717) is 25.3 Å². The number of aliphatic hydroxyl groups excluding tert-OH is 12. The number of carbonyl (C=O) groups excluding carboxylic acids is 6. The Morgan fingerprint density at radius 1 is 0.503 bits per heavy atom. The van der Waals surface area contributed by atoms with Gasteiger partial charge < -0.3 is 171 Å². The van der Waals surface area contributed by atoms with E-state index in [1.165, 1.54) is 148 Å². The number of carboxylic acids is 2. The number of carboxylic acid groups (broad SMARTS) is 2. The number of methoxy groups -OCH3 is 2. The van der Waals surface area contributed by atoms with Crippen LogP contribution in [0.25, 0.3) is 0 Å². The third kappa shape index (κ3) is 24.7. The van der Waals surface area contributed by atoms with Crippen LogP contribution in [-0.4, -0.2) is 348 Å². The van der Waals surface area contributed by atoms with E-state index in [1.54, 1.807) is 13.1 Å². The van der Waals surface area contributed by atoms with E-state index in [1.807, 2.05) is 22.9 Å². The average Bonchev–Trinajstić information content (AvgIpc) is 1.60. The van der Waals surface area contributed by atoms with Gasteiger partial charge in [0.25, 0.3) is 17.7 Å². The summed E-state index contributed by atoms with van der Waals surface area (Å²) in [5.74, 6) is -8.39. The van der Waals surface area contributed by atoms with Gasteiger partial charge in [-0.05, 0) is 129 Å². The van der Waals surface area contributed by atoms with Crippen LogP contribution < -0.4 is 56.6 Å². The molecule has 6 aromatic carbocycles. The van der Waals surface area contributed by atoms with Gasteiger partial charge in [-0.15, -0.1) is 36.2 Å². The molecule has 0 bridgehead atoms. The minimum absolute atomic E-state index is 0.00909. The number of ether oxygens (including phenoxy) is 15. The van der Waals surface area contributed by atoms with Crippen molar-refractivity contribution in [2.24, 2.45) is 0 Å². The Labute approximate surface area is 855 Å². The summed E-state index contributed by atoms with van der Waals surface area (Å²) in [6.07, 6.45) is -32.8. The van der Waals surface area contributed by atoms with Crippen molar-refractivity contribution in [3.05, 3.63) is 204 Å². The number of benzene rings is 6. The molecule has 3 fully saturated rings. The number of hydrogen-bond acceptors (Lipinski definition) is 43. The van der Waals surface area contributed by atoms with Crippen LogP contribution in [0.1, 0.15) is 93.2 Å². The molecule has 0 saturated carbocycles. The Kier molecular flexibility index (Phi) is 34.7. The molecule has 0 radical (unpaired) electrons. The van der Waals surface area contributed by atoms with Crippen molar-refractivity contribution in [2.45, 2.75) is 196 Å². The minimum Gasteiger partial charge on any atom is -0.493 e. The normalized spacial score (nSPS) is 24.4. The van der Waals surface area contributed by atoms with E-state index in [0.717, 1.165) is 54.9 Å². The molecule has 7 aliphatic heterocycles. The summed E-state index contributed by atoms with van der Waals surface area (Å²) in [7, 11) is -1.76. The molecular weight excluding hydrogens is 2030 g/mol. The van der Waals surface area contributed by atoms with E-state index in [-0.39, 0.29) is 163 Å². The number of anilines is 2. The van der Waals surface area contributed by atoms with Crippen LogP contribution in [0, 0.1) is 0 Å². The average molecular weight is 2140 g/mol. The number of aromatic nitrogens is 3. The Hall–Kier alpha value is -13.4. The number of hydrogen-bond donors (Lipinski definition) is 15. The maximum atomic E-state index is 15.2. The number of nitrogens with one attached hydrogen (secondary N) is 1. The van der Waals surface area contributed by atoms with Crippen molar-refractivity contribution < 1.29 is 198 Å². The summed E-state index contributed by atoms with van der Waals surface area (Å²) >= 11 is 2.72. The van der Waals surface area contributed by atoms with Crippen molar-refractivity contribution in [2.75, 3.05) is 83.8 Å². The fourth-order valence-electron chi connectivity index (χ4n) is 17.3. The lowest BCUT2D eigenvalue weighted by Gasteiger charge is -2.39. The topological polar surface area (TPSA) is 670 Å². The van der Waals surface area contributed by atoms with Gasteiger partial charge in [0.1, 0.15) is 110 Å². The fraction of sp³-hybridized carbons (Fsp3) is 0.438. The third-order valence-corrected chi connectivity index (χ3v) is 28.0. The van der Waals surface area contributed by atoms with Gasteiger partial charge in [0.15, 0.2) is 59.2 Å². The summed E-state index contributed by atoms with van der Waals surface area (Å²) in [6, 6.07) is 24.2. The molecule has 16 rings (SSSR count). The van der Waals surface area contributed by atoms with Gasteiger partial charge in [-0.1, -0.05) is 36.4 Å². The molecule has 3 saturated heterocycles. The number of carbonyl (C=O) groups is 8. The molecule has 19 atom stereocenters. The number of nitrogens with zero attached hydrogens (tertiary/aromatic N) is 8. The molecule has 800 valence electrons. The molecule has 149 heavy (non-hydrogen) atoms. The molecule has 7 aliphatic rings. The Bertz CT molecular complexity index is 6150. The van der Waals surface area contributed by atoms with Gasteiger partial charge >= 0.3 is 34.5 Å². The lowest BCUT2D eigenvalue weighted by atomic mass is 9.99. The monoisotopic (exact) mass is 2140 g/mol. The SMILES string of the molecule is CCC(=O)NCCOCCOCc1cn(CCOCCN(C)C(=O)c2ccc(O[C@@H]3O[C@H](CO)[C@H](O)[C@H](O)[C@H]3O)c(OS(=O)(=O)Oc3cc(COc4cc5c(cc4OC)C(=O)N4Cc6ccsc6C[C@H]4C(O)N5C(=O)OCc4ccc(O[C@@H]5O[C@H](C(=O)O)[C@@H](O)[C@H](O)[C@H]5O)cc4)cc(COc4cc5c(cc4OC)C(=O)N4Cc6ccsc6C[C@H]4C(O)N5C(=O)OCc4ccc(O[C@@H]5O[C@H](C(=O)O)[C@@H](O)[C@H](O)[C@H]5O)cc4)c3)c2)nn1. The maximum absolute atomic E-state index is 15.2. The molecule has 0 spiro atoms. The fourth-order valence-corrected chi connectivity index (χ4v) is 19.9. The molecule has 6 amide bonds. The van der Waals surface area contributed by atoms with Crippen molar-refractivity contribution in [3.8, 4) is 51.7 Å². The predicted octanol–water partition coefficient (Wildman–Crippen LogP) is 0.932. The number of rotatable bonds is 41. The molecule has 9 aromatic rings. The number of amides is 6. The minimum atomic E-state index is -5.64. The predicted molar refractivity (Wildman–Crippen MR) is 507 cm³/mol. The van der Waals surface area contributed by atoms with Gasteiger partial charge in [-0.3, -0.25) is 19.2 Å². The first-order valence-corrected chi connectivity index (χ1v) is 49.7. The number of aliphatic hydroxyl groups is 12. The van der Waals surface area contributed by atoms with Crippen molar-refractivity contribution in [1.29, 1.82) is 0 Å². The van der Waals surface area contributed by atoms with Crippen LogP contribution in [0.15, 0.2) is 138 Å². The van der Waals surface area contributed by atoms with E-state index in [4.69, 9.17) is 79.4 Å². The van der Waals surface area contributed by atoms with Gasteiger partial charge in [0, 0.05) is 79.9 Å². The molecular formula is C96H107N9O41S3. The zero-order chi connectivity index (χ0) is 106. The molecule has 50 nitrogen and oxygen atoms in total. The van der Waals surface area contributed by atoms with E-state index in [2.05, 4.69) is 15.6 Å². The van der Waals surface area contributed by atoms with Crippen LogP contribution in [0.2, 0.25) is 0 Å². The number of likely N-dealkylation sites (N-methyl/N-ethyl adjacent to an activating group) is 1. The molecule has 2 unspecified atom stereocenters. The van der Waals surface area contributed by atoms with Gasteiger partial charge in [-0.2, -0.15) is 0 Å². The molecule has 10 heterocycles. The lowest BCUT2D eigenvalue weighted by molar-refractivity contribution is -0.277. The first kappa shape index (κ1) is 108. The van der Waals surface area contributed by atoms with Gasteiger partial charge in [-0.25, -0.2) is 33.7 Å². The zero-order valence-electron chi connectivity index (χ0n) is 79.8. The van der Waals surface area contributed by atoms with Crippen LogP contribution in [0.4, 0.5) is 21.0 Å². The molecule has 15 N–H and O–H groups in total. The highest BCUT2D eigenvalue weighted by Crippen LogP contribution is 2.47.